The highest BCUT2D eigenvalue weighted by Gasteiger charge is 2.20. The van der Waals surface area contributed by atoms with Crippen molar-refractivity contribution in [2.45, 2.75) is 13.5 Å². The Morgan fingerprint density at radius 3 is 2.72 bits per heavy atom. The van der Waals surface area contributed by atoms with E-state index in [1.54, 1.807) is 43.5 Å². The second-order valence-corrected chi connectivity index (χ2v) is 8.00. The number of pyridine rings is 1. The van der Waals surface area contributed by atoms with Crippen molar-refractivity contribution in [3.8, 4) is 22.2 Å². The highest BCUT2D eigenvalue weighted by Crippen LogP contribution is 2.26. The molecular formula is C23H18N4O4S. The molecule has 32 heavy (non-hydrogen) atoms. The van der Waals surface area contributed by atoms with E-state index in [0.29, 0.717) is 34.2 Å². The van der Waals surface area contributed by atoms with E-state index in [4.69, 9.17) is 9.15 Å². The average Bonchev–Trinajstić information content (AvgIpc) is 3.47. The number of hydrogen-bond acceptors (Lipinski definition) is 7. The number of aryl methyl sites for hydroxylation is 1. The number of nitrogens with zero attached hydrogens (tertiary/aromatic N) is 4. The Bertz CT molecular complexity index is 1550. The van der Waals surface area contributed by atoms with Crippen molar-refractivity contribution < 1.29 is 9.15 Å². The molecule has 0 fully saturated rings. The summed E-state index contributed by atoms with van der Waals surface area (Å²) in [6.07, 6.45) is 1.55. The number of thiophene rings is 1. The van der Waals surface area contributed by atoms with Crippen LogP contribution in [0.1, 0.15) is 11.5 Å². The van der Waals surface area contributed by atoms with Crippen molar-refractivity contribution in [1.82, 2.24) is 19.1 Å². The SMILES string of the molecule is COc1ccccc1-n1c(=O)n(Cc2nc(-c3cccs3)oc2C)c(=O)c2cccnc21. The maximum absolute atomic E-state index is 13.6. The minimum atomic E-state index is -0.536. The zero-order chi connectivity index (χ0) is 22.2. The molecule has 0 atom stereocenters. The van der Waals surface area contributed by atoms with Crippen LogP contribution >= 0.6 is 11.3 Å². The molecule has 0 aliphatic rings. The molecular weight excluding hydrogens is 428 g/mol. The fraction of sp³-hybridized carbons (Fsp3) is 0.130. The summed E-state index contributed by atoms with van der Waals surface area (Å²) >= 11 is 1.50. The van der Waals surface area contributed by atoms with Gasteiger partial charge < -0.3 is 9.15 Å². The van der Waals surface area contributed by atoms with Gasteiger partial charge in [-0.3, -0.25) is 9.36 Å². The van der Waals surface area contributed by atoms with Gasteiger partial charge in [-0.1, -0.05) is 18.2 Å². The van der Waals surface area contributed by atoms with Crippen LogP contribution < -0.4 is 16.0 Å². The van der Waals surface area contributed by atoms with Gasteiger partial charge in [0.1, 0.15) is 17.2 Å². The summed E-state index contributed by atoms with van der Waals surface area (Å²) in [6.45, 7) is 1.74. The molecule has 0 spiro atoms. The first-order chi connectivity index (χ1) is 15.6. The number of methoxy groups -OCH3 is 1. The number of fused-ring (bicyclic) bond motifs is 1. The van der Waals surface area contributed by atoms with Crippen LogP contribution in [-0.4, -0.2) is 26.2 Å². The molecule has 0 unspecified atom stereocenters. The molecule has 5 aromatic rings. The van der Waals surface area contributed by atoms with E-state index in [2.05, 4.69) is 9.97 Å². The third-order valence-corrected chi connectivity index (χ3v) is 6.01. The molecule has 0 bridgehead atoms. The van der Waals surface area contributed by atoms with Gasteiger partial charge in [-0.15, -0.1) is 11.3 Å². The number of rotatable bonds is 5. The first kappa shape index (κ1) is 20.0. The molecule has 1 aromatic carbocycles. The Morgan fingerprint density at radius 2 is 1.94 bits per heavy atom. The monoisotopic (exact) mass is 446 g/mol. The number of aromatic nitrogens is 4. The molecule has 0 aliphatic heterocycles. The Hall–Kier alpha value is -3.98. The van der Waals surface area contributed by atoms with Crippen LogP contribution in [-0.2, 0) is 6.54 Å². The van der Waals surface area contributed by atoms with Gasteiger partial charge in [0.15, 0.2) is 5.65 Å². The summed E-state index contributed by atoms with van der Waals surface area (Å²) in [5.41, 5.74) is 0.297. The topological polar surface area (TPSA) is 92.1 Å². The Morgan fingerprint density at radius 1 is 1.09 bits per heavy atom. The molecule has 0 saturated carbocycles. The van der Waals surface area contributed by atoms with Crippen LogP contribution in [0.2, 0.25) is 0 Å². The fourth-order valence-electron chi connectivity index (χ4n) is 3.59. The summed E-state index contributed by atoms with van der Waals surface area (Å²) in [6, 6.07) is 14.2. The van der Waals surface area contributed by atoms with Gasteiger partial charge in [0, 0.05) is 6.20 Å². The highest BCUT2D eigenvalue weighted by atomic mass is 32.1. The number of benzene rings is 1. The summed E-state index contributed by atoms with van der Waals surface area (Å²) < 4.78 is 13.8. The highest BCUT2D eigenvalue weighted by molar-refractivity contribution is 7.13. The first-order valence-corrected chi connectivity index (χ1v) is 10.7. The second-order valence-electron chi connectivity index (χ2n) is 7.05. The van der Waals surface area contributed by atoms with Crippen molar-refractivity contribution in [2.75, 3.05) is 7.11 Å². The van der Waals surface area contributed by atoms with E-state index in [9.17, 15) is 9.59 Å². The lowest BCUT2D eigenvalue weighted by Gasteiger charge is -2.15. The molecule has 0 amide bonds. The largest absolute Gasteiger partial charge is 0.495 e. The Balaban J connectivity index is 1.73. The maximum Gasteiger partial charge on any atom is 0.337 e. The van der Waals surface area contributed by atoms with Crippen LogP contribution in [0.5, 0.6) is 5.75 Å². The number of oxazole rings is 1. The van der Waals surface area contributed by atoms with Gasteiger partial charge in [-0.25, -0.2) is 19.3 Å². The summed E-state index contributed by atoms with van der Waals surface area (Å²) in [5.74, 6) is 1.51. The van der Waals surface area contributed by atoms with E-state index < -0.39 is 11.2 Å². The van der Waals surface area contributed by atoms with Crippen molar-refractivity contribution in [3.05, 3.63) is 92.4 Å². The molecule has 0 saturated heterocycles. The van der Waals surface area contributed by atoms with Gasteiger partial charge in [-0.2, -0.15) is 0 Å². The Kier molecular flexibility index (Phi) is 4.95. The normalized spacial score (nSPS) is 11.2. The predicted molar refractivity (Wildman–Crippen MR) is 122 cm³/mol. The minimum absolute atomic E-state index is 0.0294. The van der Waals surface area contributed by atoms with Gasteiger partial charge in [0.05, 0.1) is 29.6 Å². The van der Waals surface area contributed by atoms with Crippen LogP contribution in [0.4, 0.5) is 0 Å². The van der Waals surface area contributed by atoms with E-state index in [-0.39, 0.29) is 12.2 Å². The number of hydrogen-bond donors (Lipinski definition) is 0. The van der Waals surface area contributed by atoms with E-state index in [0.717, 1.165) is 9.44 Å². The maximum atomic E-state index is 13.6. The lowest BCUT2D eigenvalue weighted by Crippen LogP contribution is -2.40. The van der Waals surface area contributed by atoms with Crippen LogP contribution in [0, 0.1) is 6.92 Å². The van der Waals surface area contributed by atoms with Crippen LogP contribution in [0.15, 0.2) is 74.1 Å². The quantitative estimate of drug-likeness (QED) is 0.409. The summed E-state index contributed by atoms with van der Waals surface area (Å²) in [7, 11) is 1.53. The summed E-state index contributed by atoms with van der Waals surface area (Å²) in [4.78, 5) is 36.6. The standard InChI is InChI=1S/C23H18N4O4S/c1-14-16(25-21(31-14)19-10-6-12-32-19)13-26-22(28)15-7-5-11-24-20(15)27(23(26)29)17-8-3-4-9-18(17)30-2/h3-12H,13H2,1-2H3. The Labute approximate surface area is 186 Å². The van der Waals surface area contributed by atoms with Crippen LogP contribution in [0.25, 0.3) is 27.5 Å². The van der Waals surface area contributed by atoms with Gasteiger partial charge >= 0.3 is 5.69 Å². The predicted octanol–water partition coefficient (Wildman–Crippen LogP) is 3.63. The third kappa shape index (κ3) is 3.23. The zero-order valence-corrected chi connectivity index (χ0v) is 18.1. The molecule has 160 valence electrons. The lowest BCUT2D eigenvalue weighted by molar-refractivity contribution is 0.412. The van der Waals surface area contributed by atoms with Crippen molar-refractivity contribution in [1.29, 1.82) is 0 Å². The molecule has 8 nitrogen and oxygen atoms in total. The molecule has 0 N–H and O–H groups in total. The molecule has 4 heterocycles. The van der Waals surface area contributed by atoms with Gasteiger partial charge in [0.2, 0.25) is 5.89 Å². The molecule has 4 aromatic heterocycles. The minimum Gasteiger partial charge on any atom is -0.495 e. The summed E-state index contributed by atoms with van der Waals surface area (Å²) in [5, 5.41) is 2.25. The average molecular weight is 446 g/mol. The van der Waals surface area contributed by atoms with Crippen LogP contribution in [0.3, 0.4) is 0 Å². The molecule has 9 heteroatoms. The lowest BCUT2D eigenvalue weighted by atomic mass is 10.2. The van der Waals surface area contributed by atoms with Crippen molar-refractivity contribution >= 4 is 22.4 Å². The molecule has 5 rings (SSSR count). The smallest absolute Gasteiger partial charge is 0.337 e. The number of para-hydroxylation sites is 2. The van der Waals surface area contributed by atoms with E-state index >= 15 is 0 Å². The zero-order valence-electron chi connectivity index (χ0n) is 17.3. The van der Waals surface area contributed by atoms with Gasteiger partial charge in [0.25, 0.3) is 5.56 Å². The second kappa shape index (κ2) is 7.93. The first-order valence-electron chi connectivity index (χ1n) is 9.82. The molecule has 0 aliphatic carbocycles. The molecule has 0 radical (unpaired) electrons. The third-order valence-electron chi connectivity index (χ3n) is 5.15. The van der Waals surface area contributed by atoms with E-state index in [1.807, 2.05) is 23.6 Å². The van der Waals surface area contributed by atoms with Crippen molar-refractivity contribution in [3.63, 3.8) is 0 Å². The number of ether oxygens (including phenoxy) is 1. The van der Waals surface area contributed by atoms with E-state index in [1.165, 1.54) is 23.0 Å². The van der Waals surface area contributed by atoms with Crippen molar-refractivity contribution in [2.24, 2.45) is 0 Å². The van der Waals surface area contributed by atoms with Gasteiger partial charge in [-0.05, 0) is 42.6 Å². The fourth-order valence-corrected chi connectivity index (χ4v) is 4.24.